The van der Waals surface area contributed by atoms with Crippen LogP contribution in [-0.4, -0.2) is 48.6 Å². The zero-order valence-corrected chi connectivity index (χ0v) is 11.3. The number of carbonyl (C=O) groups is 3. The fourth-order valence-electron chi connectivity index (χ4n) is 1.41. The average molecular weight is 279 g/mol. The molecule has 0 heterocycles. The van der Waals surface area contributed by atoms with Crippen molar-refractivity contribution in [2.75, 3.05) is 26.0 Å². The van der Waals surface area contributed by atoms with E-state index in [1.165, 1.54) is 23.1 Å². The van der Waals surface area contributed by atoms with Crippen molar-refractivity contribution in [3.8, 4) is 0 Å². The van der Waals surface area contributed by atoms with E-state index in [9.17, 15) is 14.4 Å². The van der Waals surface area contributed by atoms with Gasteiger partial charge in [0.05, 0.1) is 5.56 Å². The second-order valence-corrected chi connectivity index (χ2v) is 4.31. The van der Waals surface area contributed by atoms with Crippen molar-refractivity contribution in [1.29, 1.82) is 0 Å². The van der Waals surface area contributed by atoms with E-state index >= 15 is 0 Å². The topological polar surface area (TPSA) is 98.7 Å². The lowest BCUT2D eigenvalue weighted by Crippen LogP contribution is -2.33. The molecule has 7 heteroatoms. The summed E-state index contributed by atoms with van der Waals surface area (Å²) < 4.78 is 0. The van der Waals surface area contributed by atoms with Crippen molar-refractivity contribution in [3.63, 3.8) is 0 Å². The van der Waals surface area contributed by atoms with Gasteiger partial charge in [-0.1, -0.05) is 6.07 Å². The molecule has 0 aliphatic rings. The van der Waals surface area contributed by atoms with Gasteiger partial charge in [0.25, 0.3) is 0 Å². The molecule has 1 aromatic rings. The number of carboxylic acids is 1. The Morgan fingerprint density at radius 3 is 2.55 bits per heavy atom. The van der Waals surface area contributed by atoms with Gasteiger partial charge >= 0.3 is 12.0 Å². The minimum Gasteiger partial charge on any atom is -0.478 e. The van der Waals surface area contributed by atoms with Gasteiger partial charge in [-0.2, -0.15) is 0 Å². The number of hydrogen-bond acceptors (Lipinski definition) is 3. The lowest BCUT2D eigenvalue weighted by molar-refractivity contribution is -0.128. The zero-order chi connectivity index (χ0) is 15.1. The van der Waals surface area contributed by atoms with Crippen LogP contribution < -0.4 is 10.6 Å². The molecule has 1 aromatic carbocycles. The number of carbonyl (C=O) groups excluding carboxylic acids is 2. The van der Waals surface area contributed by atoms with Crippen molar-refractivity contribution in [2.24, 2.45) is 0 Å². The third kappa shape index (κ3) is 4.97. The van der Waals surface area contributed by atoms with E-state index < -0.39 is 12.0 Å². The monoisotopic (exact) mass is 279 g/mol. The maximum atomic E-state index is 11.6. The Hall–Kier alpha value is -2.57. The van der Waals surface area contributed by atoms with Crippen molar-refractivity contribution < 1.29 is 19.5 Å². The molecule has 108 valence electrons. The van der Waals surface area contributed by atoms with E-state index in [4.69, 9.17) is 5.11 Å². The number of urea groups is 1. The number of benzene rings is 1. The number of rotatable bonds is 5. The molecular formula is C13H17N3O4. The van der Waals surface area contributed by atoms with Crippen LogP contribution in [0.1, 0.15) is 16.8 Å². The molecule has 0 aromatic heterocycles. The Bertz CT molecular complexity index is 514. The summed E-state index contributed by atoms with van der Waals surface area (Å²) in [4.78, 5) is 35.1. The Balaban J connectivity index is 2.45. The molecule has 3 N–H and O–H groups in total. The molecule has 0 saturated carbocycles. The molecule has 0 unspecified atom stereocenters. The highest BCUT2D eigenvalue weighted by Gasteiger charge is 2.07. The summed E-state index contributed by atoms with van der Waals surface area (Å²) in [6, 6.07) is 5.42. The molecule has 7 nitrogen and oxygen atoms in total. The largest absolute Gasteiger partial charge is 0.478 e. The summed E-state index contributed by atoms with van der Waals surface area (Å²) in [6.07, 6.45) is 0.204. The van der Waals surface area contributed by atoms with Gasteiger partial charge in [-0.15, -0.1) is 0 Å². The maximum Gasteiger partial charge on any atom is 0.335 e. The standard InChI is InChI=1S/C13H17N3O4/c1-16(2)11(17)6-7-14-13(20)15-10-5-3-4-9(8-10)12(18)19/h3-5,8H,6-7H2,1-2H3,(H,18,19)(H2,14,15,20). The number of aromatic carboxylic acids is 1. The van der Waals surface area contributed by atoms with Crippen LogP contribution in [0.3, 0.4) is 0 Å². The number of carboxylic acid groups (broad SMARTS) is 1. The summed E-state index contributed by atoms with van der Waals surface area (Å²) in [5.74, 6) is -1.15. The highest BCUT2D eigenvalue weighted by Crippen LogP contribution is 2.10. The third-order valence-corrected chi connectivity index (χ3v) is 2.49. The van der Waals surface area contributed by atoms with Crippen LogP contribution in [-0.2, 0) is 4.79 Å². The van der Waals surface area contributed by atoms with E-state index in [1.807, 2.05) is 0 Å². The molecule has 0 bridgehead atoms. The second kappa shape index (κ2) is 7.13. The van der Waals surface area contributed by atoms with Gasteiger partial charge < -0.3 is 20.6 Å². The smallest absolute Gasteiger partial charge is 0.335 e. The first-order valence-electron chi connectivity index (χ1n) is 5.98. The van der Waals surface area contributed by atoms with Gasteiger partial charge in [0.1, 0.15) is 0 Å². The molecule has 0 radical (unpaired) electrons. The Morgan fingerprint density at radius 2 is 1.95 bits per heavy atom. The highest BCUT2D eigenvalue weighted by atomic mass is 16.4. The Kier molecular flexibility index (Phi) is 5.52. The van der Waals surface area contributed by atoms with E-state index in [1.54, 1.807) is 20.2 Å². The van der Waals surface area contributed by atoms with Gasteiger partial charge in [-0.3, -0.25) is 4.79 Å². The van der Waals surface area contributed by atoms with Gasteiger partial charge in [-0.25, -0.2) is 9.59 Å². The first-order chi connectivity index (χ1) is 9.40. The molecule has 20 heavy (non-hydrogen) atoms. The first-order valence-corrected chi connectivity index (χ1v) is 5.98. The molecule has 0 aliphatic heterocycles. The minimum atomic E-state index is -1.06. The Labute approximate surface area is 116 Å². The van der Waals surface area contributed by atoms with Gasteiger partial charge in [0.15, 0.2) is 0 Å². The van der Waals surface area contributed by atoms with E-state index in [0.29, 0.717) is 5.69 Å². The molecule has 0 atom stereocenters. The number of amides is 3. The molecule has 1 rings (SSSR count). The summed E-state index contributed by atoms with van der Waals surface area (Å²) in [7, 11) is 3.28. The predicted octanol–water partition coefficient (Wildman–Crippen LogP) is 0.985. The summed E-state index contributed by atoms with van der Waals surface area (Å²) in [5.41, 5.74) is 0.465. The zero-order valence-electron chi connectivity index (χ0n) is 11.3. The number of nitrogens with one attached hydrogen (secondary N) is 2. The number of nitrogens with zero attached hydrogens (tertiary/aromatic N) is 1. The molecule has 0 saturated heterocycles. The van der Waals surface area contributed by atoms with Crippen LogP contribution in [0.15, 0.2) is 24.3 Å². The number of hydrogen-bond donors (Lipinski definition) is 3. The Morgan fingerprint density at radius 1 is 1.25 bits per heavy atom. The molecule has 0 aliphatic carbocycles. The molecular weight excluding hydrogens is 262 g/mol. The fourth-order valence-corrected chi connectivity index (χ4v) is 1.41. The third-order valence-electron chi connectivity index (χ3n) is 2.49. The second-order valence-electron chi connectivity index (χ2n) is 4.31. The SMILES string of the molecule is CN(C)C(=O)CCNC(=O)Nc1cccc(C(=O)O)c1. The van der Waals surface area contributed by atoms with Crippen LogP contribution >= 0.6 is 0 Å². The van der Waals surface area contributed by atoms with Crippen LogP contribution in [0.25, 0.3) is 0 Å². The van der Waals surface area contributed by atoms with Gasteiger partial charge in [-0.05, 0) is 18.2 Å². The lowest BCUT2D eigenvalue weighted by atomic mass is 10.2. The van der Waals surface area contributed by atoms with Crippen molar-refractivity contribution >= 4 is 23.6 Å². The molecule has 0 spiro atoms. The van der Waals surface area contributed by atoms with Crippen LogP contribution in [0, 0.1) is 0 Å². The first kappa shape index (κ1) is 15.5. The van der Waals surface area contributed by atoms with Crippen LogP contribution in [0.4, 0.5) is 10.5 Å². The predicted molar refractivity (Wildman–Crippen MR) is 73.7 cm³/mol. The quantitative estimate of drug-likeness (QED) is 0.748. The maximum absolute atomic E-state index is 11.6. The van der Waals surface area contributed by atoms with Gasteiger partial charge in [0, 0.05) is 32.7 Å². The molecule has 3 amide bonds. The summed E-state index contributed by atoms with van der Waals surface area (Å²) in [6.45, 7) is 0.210. The molecule has 0 fully saturated rings. The number of anilines is 1. The highest BCUT2D eigenvalue weighted by molar-refractivity contribution is 5.93. The van der Waals surface area contributed by atoms with Gasteiger partial charge in [0.2, 0.25) is 5.91 Å². The van der Waals surface area contributed by atoms with Crippen molar-refractivity contribution in [2.45, 2.75) is 6.42 Å². The van der Waals surface area contributed by atoms with Crippen LogP contribution in [0.2, 0.25) is 0 Å². The van der Waals surface area contributed by atoms with E-state index in [0.717, 1.165) is 0 Å². The summed E-state index contributed by atoms with van der Waals surface area (Å²) >= 11 is 0. The fraction of sp³-hybridized carbons (Fsp3) is 0.308. The summed E-state index contributed by atoms with van der Waals surface area (Å²) in [5, 5.41) is 13.8. The van der Waals surface area contributed by atoms with Crippen molar-refractivity contribution in [1.82, 2.24) is 10.2 Å². The van der Waals surface area contributed by atoms with Crippen LogP contribution in [0.5, 0.6) is 0 Å². The minimum absolute atomic E-state index is 0.0850. The average Bonchev–Trinajstić information content (AvgIpc) is 2.38. The lowest BCUT2D eigenvalue weighted by Gasteiger charge is -2.11. The van der Waals surface area contributed by atoms with Crippen molar-refractivity contribution in [3.05, 3.63) is 29.8 Å². The normalized spacial score (nSPS) is 9.70. The van der Waals surface area contributed by atoms with E-state index in [2.05, 4.69) is 10.6 Å². The van der Waals surface area contributed by atoms with E-state index in [-0.39, 0.29) is 24.4 Å².